The minimum Gasteiger partial charge on any atom is -0.441 e. The van der Waals surface area contributed by atoms with Crippen LogP contribution < -0.4 is 0 Å². The average molecular weight is 366 g/mol. The van der Waals surface area contributed by atoms with Crippen molar-refractivity contribution in [1.29, 1.82) is 0 Å². The molecular weight excluding hydrogens is 344 g/mol. The second-order valence-corrected chi connectivity index (χ2v) is 6.92. The van der Waals surface area contributed by atoms with E-state index in [4.69, 9.17) is 8.94 Å². The van der Waals surface area contributed by atoms with Crippen molar-refractivity contribution in [3.8, 4) is 11.5 Å². The van der Waals surface area contributed by atoms with Gasteiger partial charge < -0.3 is 13.8 Å². The van der Waals surface area contributed by atoms with Crippen molar-refractivity contribution in [2.24, 2.45) is 0 Å². The van der Waals surface area contributed by atoms with E-state index in [-0.39, 0.29) is 18.2 Å². The molecule has 1 aromatic carbocycles. The van der Waals surface area contributed by atoms with E-state index >= 15 is 0 Å². The van der Waals surface area contributed by atoms with Crippen molar-refractivity contribution in [1.82, 2.24) is 20.0 Å². The number of oxazole rings is 1. The molecule has 140 valence electrons. The molecule has 1 fully saturated rings. The lowest BCUT2D eigenvalue weighted by Gasteiger charge is -2.31. The molecule has 3 aromatic rings. The van der Waals surface area contributed by atoms with Gasteiger partial charge in [0.25, 0.3) is 0 Å². The number of likely N-dealkylation sites (tertiary alicyclic amines) is 1. The van der Waals surface area contributed by atoms with Crippen LogP contribution in [0, 0.1) is 13.8 Å². The van der Waals surface area contributed by atoms with Crippen LogP contribution in [0.25, 0.3) is 11.5 Å². The Balaban J connectivity index is 1.45. The Morgan fingerprint density at radius 2 is 2.04 bits per heavy atom. The highest BCUT2D eigenvalue weighted by Crippen LogP contribution is 2.27. The molecule has 4 rings (SSSR count). The molecule has 7 heteroatoms. The lowest BCUT2D eigenvalue weighted by atomic mass is 9.97. The lowest BCUT2D eigenvalue weighted by Crippen LogP contribution is -2.40. The molecule has 0 spiro atoms. The maximum Gasteiger partial charge on any atom is 0.231 e. The summed E-state index contributed by atoms with van der Waals surface area (Å²) < 4.78 is 11.1. The minimum atomic E-state index is 0.0481. The molecule has 0 saturated carbocycles. The number of hydrogen-bond acceptors (Lipinski definition) is 6. The van der Waals surface area contributed by atoms with Gasteiger partial charge in [-0.05, 0) is 38.8 Å². The summed E-state index contributed by atoms with van der Waals surface area (Å²) >= 11 is 0. The maximum atomic E-state index is 12.8. The Kier molecular flexibility index (Phi) is 4.75. The zero-order valence-electron chi connectivity index (χ0n) is 15.5. The summed E-state index contributed by atoms with van der Waals surface area (Å²) in [6.45, 7) is 4.99. The Bertz CT molecular complexity index is 932. The number of aryl methyl sites for hydroxylation is 2. The van der Waals surface area contributed by atoms with Crippen molar-refractivity contribution in [3.63, 3.8) is 0 Å². The molecular formula is C20H22N4O3. The van der Waals surface area contributed by atoms with Crippen LogP contribution >= 0.6 is 0 Å². The van der Waals surface area contributed by atoms with Gasteiger partial charge in [0.2, 0.25) is 17.7 Å². The molecule has 1 aliphatic rings. The zero-order valence-corrected chi connectivity index (χ0v) is 15.5. The van der Waals surface area contributed by atoms with E-state index in [9.17, 15) is 4.79 Å². The number of benzene rings is 1. The van der Waals surface area contributed by atoms with Crippen LogP contribution in [0.4, 0.5) is 0 Å². The molecule has 1 amide bonds. The fourth-order valence-electron chi connectivity index (χ4n) is 3.44. The van der Waals surface area contributed by atoms with Gasteiger partial charge in [0.1, 0.15) is 5.76 Å². The van der Waals surface area contributed by atoms with E-state index in [1.807, 2.05) is 42.2 Å². The fourth-order valence-corrected chi connectivity index (χ4v) is 3.44. The van der Waals surface area contributed by atoms with Crippen molar-refractivity contribution < 1.29 is 13.7 Å². The third-order valence-corrected chi connectivity index (χ3v) is 4.90. The average Bonchev–Trinajstić information content (AvgIpc) is 3.29. The molecule has 3 heterocycles. The van der Waals surface area contributed by atoms with E-state index in [1.54, 1.807) is 6.92 Å². The van der Waals surface area contributed by atoms with Crippen LogP contribution in [0.3, 0.4) is 0 Å². The highest BCUT2D eigenvalue weighted by Gasteiger charge is 2.29. The Hall–Kier alpha value is -2.96. The topological polar surface area (TPSA) is 85.3 Å². The quantitative estimate of drug-likeness (QED) is 0.704. The van der Waals surface area contributed by atoms with Gasteiger partial charge in [0.15, 0.2) is 5.82 Å². The van der Waals surface area contributed by atoms with E-state index in [0.717, 1.165) is 24.9 Å². The monoisotopic (exact) mass is 366 g/mol. The third kappa shape index (κ3) is 3.77. The van der Waals surface area contributed by atoms with Crippen LogP contribution in [0.2, 0.25) is 0 Å². The first-order valence-corrected chi connectivity index (χ1v) is 9.20. The summed E-state index contributed by atoms with van der Waals surface area (Å²) in [5.74, 6) is 2.63. The van der Waals surface area contributed by atoms with Crippen molar-refractivity contribution >= 4 is 5.91 Å². The number of carbonyl (C=O) groups excluding carboxylic acids is 1. The van der Waals surface area contributed by atoms with Crippen LogP contribution in [-0.4, -0.2) is 39.0 Å². The molecule has 1 saturated heterocycles. The minimum absolute atomic E-state index is 0.0481. The molecule has 27 heavy (non-hydrogen) atoms. The maximum absolute atomic E-state index is 12.8. The van der Waals surface area contributed by atoms with Crippen molar-refractivity contribution in [2.45, 2.75) is 39.0 Å². The fraction of sp³-hybridized carbons (Fsp3) is 0.400. The molecule has 0 aliphatic carbocycles. The molecule has 7 nitrogen and oxygen atoms in total. The molecule has 2 aromatic heterocycles. The Morgan fingerprint density at radius 1 is 1.22 bits per heavy atom. The summed E-state index contributed by atoms with van der Waals surface area (Å²) in [7, 11) is 0. The lowest BCUT2D eigenvalue weighted by molar-refractivity contribution is -0.131. The normalized spacial score (nSPS) is 17.3. The summed E-state index contributed by atoms with van der Waals surface area (Å²) in [4.78, 5) is 23.6. The summed E-state index contributed by atoms with van der Waals surface area (Å²) in [6, 6.07) is 9.71. The summed E-state index contributed by atoms with van der Waals surface area (Å²) in [5, 5.41) is 3.86. The second kappa shape index (κ2) is 7.34. The second-order valence-electron chi connectivity index (χ2n) is 6.92. The van der Waals surface area contributed by atoms with E-state index in [2.05, 4.69) is 15.1 Å². The largest absolute Gasteiger partial charge is 0.441 e. The summed E-state index contributed by atoms with van der Waals surface area (Å²) in [5.41, 5.74) is 1.60. The first kappa shape index (κ1) is 17.5. The first-order chi connectivity index (χ1) is 13.1. The number of nitrogens with zero attached hydrogens (tertiary/aromatic N) is 4. The highest BCUT2D eigenvalue weighted by atomic mass is 16.5. The zero-order chi connectivity index (χ0) is 18.8. The molecule has 0 N–H and O–H groups in total. The van der Waals surface area contributed by atoms with Crippen LogP contribution in [-0.2, 0) is 11.2 Å². The Morgan fingerprint density at radius 3 is 2.78 bits per heavy atom. The number of aromatic nitrogens is 3. The number of rotatable bonds is 4. The summed E-state index contributed by atoms with van der Waals surface area (Å²) in [6.07, 6.45) is 2.11. The first-order valence-electron chi connectivity index (χ1n) is 9.20. The van der Waals surface area contributed by atoms with E-state index in [1.165, 1.54) is 0 Å². The molecule has 1 aliphatic heterocycles. The molecule has 0 bridgehead atoms. The molecule has 0 unspecified atom stereocenters. The molecule has 0 radical (unpaired) electrons. The number of carbonyl (C=O) groups is 1. The predicted molar refractivity (Wildman–Crippen MR) is 98.0 cm³/mol. The van der Waals surface area contributed by atoms with Gasteiger partial charge in [0, 0.05) is 18.7 Å². The number of amides is 1. The van der Waals surface area contributed by atoms with Gasteiger partial charge in [-0.25, -0.2) is 4.98 Å². The van der Waals surface area contributed by atoms with Gasteiger partial charge in [-0.15, -0.1) is 0 Å². The van der Waals surface area contributed by atoms with Gasteiger partial charge in [-0.3, -0.25) is 4.79 Å². The van der Waals surface area contributed by atoms with Gasteiger partial charge in [0.05, 0.1) is 18.0 Å². The third-order valence-electron chi connectivity index (χ3n) is 4.90. The van der Waals surface area contributed by atoms with Crippen LogP contribution in [0.15, 0.2) is 39.3 Å². The van der Waals surface area contributed by atoms with Crippen LogP contribution in [0.1, 0.15) is 41.9 Å². The number of piperidine rings is 1. The highest BCUT2D eigenvalue weighted by molar-refractivity contribution is 5.79. The van der Waals surface area contributed by atoms with Gasteiger partial charge >= 0.3 is 0 Å². The standard InChI is InChI=1S/C20H22N4O3/c1-13-17(22-19(26-13)15-7-4-3-5-8-15)11-18(25)24-10-6-9-16(12-24)20-21-14(2)23-27-20/h3-5,7-8,16H,6,9-12H2,1-2H3/t16-/m0/s1. The van der Waals surface area contributed by atoms with Crippen LogP contribution in [0.5, 0.6) is 0 Å². The van der Waals surface area contributed by atoms with E-state index in [0.29, 0.717) is 35.6 Å². The smallest absolute Gasteiger partial charge is 0.231 e. The van der Waals surface area contributed by atoms with Crippen molar-refractivity contribution in [2.75, 3.05) is 13.1 Å². The van der Waals surface area contributed by atoms with E-state index < -0.39 is 0 Å². The molecule has 1 atom stereocenters. The predicted octanol–water partition coefficient (Wildman–Crippen LogP) is 3.29. The SMILES string of the molecule is Cc1noc([C@H]2CCCN(C(=O)Cc3nc(-c4ccccc4)oc3C)C2)n1. The number of hydrogen-bond donors (Lipinski definition) is 0. The van der Waals surface area contributed by atoms with Gasteiger partial charge in [-0.2, -0.15) is 4.98 Å². The Labute approximate surface area is 157 Å². The van der Waals surface area contributed by atoms with Crippen molar-refractivity contribution in [3.05, 3.63) is 53.5 Å². The van der Waals surface area contributed by atoms with Gasteiger partial charge in [-0.1, -0.05) is 23.4 Å².